The lowest BCUT2D eigenvalue weighted by Crippen LogP contribution is -2.41. The number of benzene rings is 5. The van der Waals surface area contributed by atoms with Gasteiger partial charge < -0.3 is 45.3 Å². The second-order valence-electron chi connectivity index (χ2n) is 12.7. The van der Waals surface area contributed by atoms with E-state index in [4.69, 9.17) is 4.42 Å². The molecule has 6 aromatic rings. The van der Waals surface area contributed by atoms with Crippen LogP contribution in [0.4, 0.5) is 0 Å². The van der Waals surface area contributed by atoms with Crippen molar-refractivity contribution in [3.8, 4) is 0 Å². The molecule has 5 aromatic carbocycles. The standard InChI is InChI=1S/C40H28O9/c41-33-29-26(19-13-14-24-23(16-19)27-21-10-4-2-7-18(21)12-15-25(27)49-24)30-32(36(44)40(48)38(46)34(30)42)28(31(29)35(43)39(47)37(33)45)22-11-5-8-17-6-1-3-9-20(17)22/h1-16,28,31,34,38,41-48H. The first kappa shape index (κ1) is 29.0. The monoisotopic (exact) mass is 652 g/mol. The smallest absolute Gasteiger partial charge is 0.204 e. The summed E-state index contributed by atoms with van der Waals surface area (Å²) in [5.74, 6) is -7.42. The fraction of sp³-hybridized carbons (Fsp3) is 0.100. The van der Waals surface area contributed by atoms with Gasteiger partial charge in [0.2, 0.25) is 11.5 Å². The van der Waals surface area contributed by atoms with Crippen molar-refractivity contribution in [2.24, 2.45) is 5.92 Å². The molecule has 4 unspecified atom stereocenters. The van der Waals surface area contributed by atoms with Crippen LogP contribution in [0.5, 0.6) is 0 Å². The first-order chi connectivity index (χ1) is 23.7. The molecule has 0 radical (unpaired) electrons. The van der Waals surface area contributed by atoms with Crippen LogP contribution in [0.1, 0.15) is 17.0 Å². The van der Waals surface area contributed by atoms with E-state index >= 15 is 0 Å². The molecule has 9 heteroatoms. The molecule has 0 fully saturated rings. The third-order valence-electron chi connectivity index (χ3n) is 10.2. The minimum Gasteiger partial charge on any atom is -0.508 e. The number of rotatable bonds is 2. The summed E-state index contributed by atoms with van der Waals surface area (Å²) >= 11 is 0. The van der Waals surface area contributed by atoms with Crippen LogP contribution in [0.15, 0.2) is 153 Å². The molecule has 9 rings (SSSR count). The van der Waals surface area contributed by atoms with E-state index in [1.807, 2.05) is 66.7 Å². The summed E-state index contributed by atoms with van der Waals surface area (Å²) in [4.78, 5) is 0. The minimum absolute atomic E-state index is 0.0217. The van der Waals surface area contributed by atoms with Gasteiger partial charge in [0.05, 0.1) is 5.92 Å². The van der Waals surface area contributed by atoms with Crippen LogP contribution in [0.3, 0.4) is 0 Å². The lowest BCUT2D eigenvalue weighted by Gasteiger charge is -2.43. The molecule has 0 aliphatic heterocycles. The molecular formula is C40H28O9. The summed E-state index contributed by atoms with van der Waals surface area (Å²) in [5, 5.41) is 95.6. The summed E-state index contributed by atoms with van der Waals surface area (Å²) < 4.78 is 6.19. The van der Waals surface area contributed by atoms with E-state index in [9.17, 15) is 40.9 Å². The fourth-order valence-electron chi connectivity index (χ4n) is 8.04. The lowest BCUT2D eigenvalue weighted by molar-refractivity contribution is 0.0297. The molecule has 8 N–H and O–H groups in total. The molecule has 0 saturated heterocycles. The van der Waals surface area contributed by atoms with Gasteiger partial charge in [-0.1, -0.05) is 78.9 Å². The largest absolute Gasteiger partial charge is 0.508 e. The van der Waals surface area contributed by atoms with Crippen molar-refractivity contribution >= 4 is 49.1 Å². The second-order valence-corrected chi connectivity index (χ2v) is 12.7. The van der Waals surface area contributed by atoms with Gasteiger partial charge in [0.25, 0.3) is 0 Å². The topological polar surface area (TPSA) is 175 Å². The molecule has 1 aromatic heterocycles. The average molecular weight is 653 g/mol. The first-order valence-electron chi connectivity index (χ1n) is 15.7. The number of furan rings is 1. The van der Waals surface area contributed by atoms with Gasteiger partial charge >= 0.3 is 0 Å². The molecule has 1 heterocycles. The quantitative estimate of drug-likeness (QED) is 0.0919. The third-order valence-corrected chi connectivity index (χ3v) is 10.2. The van der Waals surface area contributed by atoms with Crippen molar-refractivity contribution in [1.29, 1.82) is 0 Å². The Morgan fingerprint density at radius 2 is 1.14 bits per heavy atom. The molecule has 4 atom stereocenters. The van der Waals surface area contributed by atoms with Crippen molar-refractivity contribution < 1.29 is 45.3 Å². The Balaban J connectivity index is 1.43. The van der Waals surface area contributed by atoms with Crippen molar-refractivity contribution in [2.45, 2.75) is 18.1 Å². The molecule has 9 nitrogen and oxygen atoms in total. The Kier molecular flexibility index (Phi) is 6.02. The highest BCUT2D eigenvalue weighted by Gasteiger charge is 2.52. The van der Waals surface area contributed by atoms with Crippen LogP contribution in [-0.2, 0) is 0 Å². The molecule has 242 valence electrons. The van der Waals surface area contributed by atoms with E-state index in [1.54, 1.807) is 30.3 Å². The maximum Gasteiger partial charge on any atom is 0.204 e. The van der Waals surface area contributed by atoms with E-state index in [2.05, 4.69) is 0 Å². The highest BCUT2D eigenvalue weighted by Crippen LogP contribution is 2.59. The van der Waals surface area contributed by atoms with E-state index in [0.29, 0.717) is 33.1 Å². The number of allylic oxidation sites excluding steroid dienone is 3. The van der Waals surface area contributed by atoms with E-state index in [-0.39, 0.29) is 22.3 Å². The van der Waals surface area contributed by atoms with Crippen LogP contribution in [0.25, 0.3) is 49.1 Å². The maximum atomic E-state index is 11.8. The molecular weight excluding hydrogens is 624 g/mol. The lowest BCUT2D eigenvalue weighted by atomic mass is 9.61. The molecule has 0 amide bonds. The molecule has 3 aliphatic rings. The number of hydrogen-bond acceptors (Lipinski definition) is 9. The van der Waals surface area contributed by atoms with E-state index in [1.165, 1.54) is 0 Å². The zero-order valence-corrected chi connectivity index (χ0v) is 25.5. The molecule has 49 heavy (non-hydrogen) atoms. The van der Waals surface area contributed by atoms with Crippen LogP contribution in [-0.4, -0.2) is 53.1 Å². The SMILES string of the molecule is OC1=C(O)C2=C(c3ccc4oc5ccc6ccccc6c5c4c3)C3=C(C(O)=C(O)C(O)C3O)C(c3cccc4ccccc34)C2C(O)=C1O. The molecule has 3 aliphatic carbocycles. The summed E-state index contributed by atoms with van der Waals surface area (Å²) in [6.45, 7) is 0. The predicted octanol–water partition coefficient (Wildman–Crippen LogP) is 8.09. The number of hydrogen-bond donors (Lipinski definition) is 8. The third kappa shape index (κ3) is 3.82. The summed E-state index contributed by atoms with van der Waals surface area (Å²) in [6, 6.07) is 29.5. The number of fused-ring (bicyclic) bond motifs is 7. The molecule has 0 saturated carbocycles. The summed E-state index contributed by atoms with van der Waals surface area (Å²) in [7, 11) is 0. The minimum atomic E-state index is -1.94. The van der Waals surface area contributed by atoms with Crippen molar-refractivity contribution in [3.63, 3.8) is 0 Å². The molecule has 0 spiro atoms. The van der Waals surface area contributed by atoms with Crippen LogP contribution < -0.4 is 0 Å². The Bertz CT molecular complexity index is 2610. The maximum absolute atomic E-state index is 11.8. The van der Waals surface area contributed by atoms with Gasteiger partial charge in [-0.2, -0.15) is 0 Å². The van der Waals surface area contributed by atoms with Crippen molar-refractivity contribution in [2.75, 3.05) is 0 Å². The number of aliphatic hydroxyl groups excluding tert-OH is 8. The Morgan fingerprint density at radius 1 is 0.469 bits per heavy atom. The van der Waals surface area contributed by atoms with E-state index < -0.39 is 58.6 Å². The summed E-state index contributed by atoms with van der Waals surface area (Å²) in [6.07, 6.45) is -3.76. The zero-order valence-electron chi connectivity index (χ0n) is 25.5. The van der Waals surface area contributed by atoms with Gasteiger partial charge in [0.15, 0.2) is 17.3 Å². The average Bonchev–Trinajstić information content (AvgIpc) is 3.51. The normalized spacial score (nSPS) is 23.0. The Hall–Kier alpha value is -6.16. The van der Waals surface area contributed by atoms with Gasteiger partial charge in [0, 0.05) is 27.8 Å². The fourth-order valence-corrected chi connectivity index (χ4v) is 8.04. The van der Waals surface area contributed by atoms with Crippen LogP contribution in [0, 0.1) is 5.92 Å². The second kappa shape index (κ2) is 10.2. The van der Waals surface area contributed by atoms with Gasteiger partial charge in [-0.25, -0.2) is 0 Å². The number of aliphatic hydroxyl groups is 8. The Morgan fingerprint density at radius 3 is 1.92 bits per heavy atom. The van der Waals surface area contributed by atoms with Gasteiger partial charge in [-0.15, -0.1) is 0 Å². The summed E-state index contributed by atoms with van der Waals surface area (Å²) in [5.41, 5.74) is 2.05. The molecule has 0 bridgehead atoms. The van der Waals surface area contributed by atoms with Gasteiger partial charge in [-0.05, 0) is 62.0 Å². The highest BCUT2D eigenvalue weighted by atomic mass is 16.4. The van der Waals surface area contributed by atoms with Crippen molar-refractivity contribution in [1.82, 2.24) is 0 Å². The highest BCUT2D eigenvalue weighted by molar-refractivity contribution is 6.19. The van der Waals surface area contributed by atoms with Crippen molar-refractivity contribution in [3.05, 3.63) is 159 Å². The van der Waals surface area contributed by atoms with E-state index in [0.717, 1.165) is 21.5 Å². The van der Waals surface area contributed by atoms with Gasteiger partial charge in [0.1, 0.15) is 29.1 Å². The van der Waals surface area contributed by atoms with Crippen LogP contribution in [0.2, 0.25) is 0 Å². The van der Waals surface area contributed by atoms with Gasteiger partial charge in [-0.3, -0.25) is 0 Å². The zero-order chi connectivity index (χ0) is 33.9. The van der Waals surface area contributed by atoms with Crippen LogP contribution >= 0.6 is 0 Å². The first-order valence-corrected chi connectivity index (χ1v) is 15.7. The Labute approximate surface area is 277 Å². The predicted molar refractivity (Wildman–Crippen MR) is 184 cm³/mol.